The molecule has 114 valence electrons. The van der Waals surface area contributed by atoms with Gasteiger partial charge in [0.2, 0.25) is 0 Å². The Labute approximate surface area is 122 Å². The van der Waals surface area contributed by atoms with Crippen molar-refractivity contribution >= 4 is 0 Å². The lowest BCUT2D eigenvalue weighted by Gasteiger charge is -2.10. The fourth-order valence-corrected chi connectivity index (χ4v) is 1.89. The van der Waals surface area contributed by atoms with E-state index in [9.17, 15) is 8.78 Å². The van der Waals surface area contributed by atoms with Crippen molar-refractivity contribution in [3.63, 3.8) is 0 Å². The minimum atomic E-state index is -0.722. The van der Waals surface area contributed by atoms with E-state index in [1.54, 1.807) is 7.05 Å². The van der Waals surface area contributed by atoms with Gasteiger partial charge in [0.1, 0.15) is 0 Å². The number of hydrogen-bond donors (Lipinski definition) is 1. The highest BCUT2D eigenvalue weighted by Gasteiger charge is 2.14. The molecule has 4 nitrogen and oxygen atoms in total. The summed E-state index contributed by atoms with van der Waals surface area (Å²) >= 11 is 0. The van der Waals surface area contributed by atoms with Crippen molar-refractivity contribution in [3.8, 4) is 11.5 Å². The monoisotopic (exact) mass is 295 g/mol. The van der Waals surface area contributed by atoms with Gasteiger partial charge >= 0.3 is 0 Å². The molecule has 0 unspecified atom stereocenters. The summed E-state index contributed by atoms with van der Waals surface area (Å²) in [6.45, 7) is 5.34. The SMILES string of the molecule is CC(C)CNCc1cc(F)c(Oc2cnn(C)c2)c(F)c1. The van der Waals surface area contributed by atoms with E-state index in [1.165, 1.54) is 29.2 Å². The van der Waals surface area contributed by atoms with E-state index in [0.717, 1.165) is 6.54 Å². The Morgan fingerprint density at radius 3 is 2.48 bits per heavy atom. The lowest BCUT2D eigenvalue weighted by atomic mass is 10.1. The van der Waals surface area contributed by atoms with E-state index >= 15 is 0 Å². The maximum atomic E-state index is 14.0. The zero-order chi connectivity index (χ0) is 15.4. The summed E-state index contributed by atoms with van der Waals surface area (Å²) in [5.41, 5.74) is 0.546. The third kappa shape index (κ3) is 4.26. The average Bonchev–Trinajstić information content (AvgIpc) is 2.79. The molecule has 0 atom stereocenters. The number of rotatable bonds is 6. The fraction of sp³-hybridized carbons (Fsp3) is 0.400. The third-order valence-corrected chi connectivity index (χ3v) is 2.84. The van der Waals surface area contributed by atoms with Crippen LogP contribution in [0, 0.1) is 17.6 Å². The molecule has 6 heteroatoms. The molecule has 0 fully saturated rings. The molecule has 1 aromatic heterocycles. The summed E-state index contributed by atoms with van der Waals surface area (Å²) in [7, 11) is 1.70. The molecule has 1 heterocycles. The van der Waals surface area contributed by atoms with Crippen LogP contribution in [0.5, 0.6) is 11.5 Å². The van der Waals surface area contributed by atoms with E-state index in [4.69, 9.17) is 4.74 Å². The van der Waals surface area contributed by atoms with Crippen LogP contribution in [0.25, 0.3) is 0 Å². The van der Waals surface area contributed by atoms with Crippen molar-refractivity contribution in [2.24, 2.45) is 13.0 Å². The summed E-state index contributed by atoms with van der Waals surface area (Å²) in [5.74, 6) is -1.08. The van der Waals surface area contributed by atoms with E-state index in [1.807, 2.05) is 0 Å². The first kappa shape index (κ1) is 15.4. The minimum Gasteiger partial charge on any atom is -0.448 e. The second-order valence-corrected chi connectivity index (χ2v) is 5.37. The number of aryl methyl sites for hydroxylation is 1. The first-order chi connectivity index (χ1) is 9.95. The largest absolute Gasteiger partial charge is 0.448 e. The summed E-state index contributed by atoms with van der Waals surface area (Å²) in [5, 5.41) is 7.02. The Morgan fingerprint density at radius 2 is 1.95 bits per heavy atom. The maximum Gasteiger partial charge on any atom is 0.198 e. The average molecular weight is 295 g/mol. The number of halogens is 2. The highest BCUT2D eigenvalue weighted by atomic mass is 19.1. The van der Waals surface area contributed by atoms with E-state index in [2.05, 4.69) is 24.3 Å². The van der Waals surface area contributed by atoms with Crippen LogP contribution >= 0.6 is 0 Å². The van der Waals surface area contributed by atoms with Crippen molar-refractivity contribution in [2.75, 3.05) is 6.54 Å². The van der Waals surface area contributed by atoms with Crippen LogP contribution in [0.4, 0.5) is 8.78 Å². The van der Waals surface area contributed by atoms with Crippen molar-refractivity contribution in [1.82, 2.24) is 15.1 Å². The van der Waals surface area contributed by atoms with Gasteiger partial charge in [0, 0.05) is 13.6 Å². The fourth-order valence-electron chi connectivity index (χ4n) is 1.89. The van der Waals surface area contributed by atoms with Crippen LogP contribution in [0.1, 0.15) is 19.4 Å². The molecule has 0 saturated heterocycles. The van der Waals surface area contributed by atoms with Gasteiger partial charge in [-0.2, -0.15) is 5.10 Å². The molecule has 2 rings (SSSR count). The molecule has 2 aromatic rings. The normalized spacial score (nSPS) is 11.1. The summed E-state index contributed by atoms with van der Waals surface area (Å²) in [4.78, 5) is 0. The van der Waals surface area contributed by atoms with Gasteiger partial charge in [0.25, 0.3) is 0 Å². The van der Waals surface area contributed by atoms with Gasteiger partial charge < -0.3 is 10.1 Å². The van der Waals surface area contributed by atoms with E-state index in [0.29, 0.717) is 23.8 Å². The van der Waals surface area contributed by atoms with Crippen LogP contribution in [0.2, 0.25) is 0 Å². The number of ether oxygens (including phenoxy) is 1. The first-order valence-electron chi connectivity index (χ1n) is 6.81. The van der Waals surface area contributed by atoms with Gasteiger partial charge in [0.05, 0.1) is 12.4 Å². The predicted molar refractivity (Wildman–Crippen MR) is 76.2 cm³/mol. The smallest absolute Gasteiger partial charge is 0.198 e. The van der Waals surface area contributed by atoms with Gasteiger partial charge in [-0.05, 0) is 30.2 Å². The Bertz CT molecular complexity index is 588. The summed E-state index contributed by atoms with van der Waals surface area (Å²) < 4.78 is 34.6. The topological polar surface area (TPSA) is 39.1 Å². The molecular weight excluding hydrogens is 276 g/mol. The molecule has 0 bridgehead atoms. The number of nitrogens with zero attached hydrogens (tertiary/aromatic N) is 2. The van der Waals surface area contributed by atoms with Gasteiger partial charge in [0.15, 0.2) is 23.1 Å². The number of aromatic nitrogens is 2. The maximum absolute atomic E-state index is 14.0. The Hall–Kier alpha value is -1.95. The van der Waals surface area contributed by atoms with Crippen LogP contribution in [-0.2, 0) is 13.6 Å². The standard InChI is InChI=1S/C15H19F2N3O/c1-10(2)6-18-7-11-4-13(16)15(14(17)5-11)21-12-8-19-20(3)9-12/h4-5,8-10,18H,6-7H2,1-3H3. The van der Waals surface area contributed by atoms with Crippen molar-refractivity contribution in [1.29, 1.82) is 0 Å². The molecule has 0 amide bonds. The molecule has 21 heavy (non-hydrogen) atoms. The lowest BCUT2D eigenvalue weighted by Crippen LogP contribution is -2.19. The van der Waals surface area contributed by atoms with Crippen LogP contribution in [0.15, 0.2) is 24.5 Å². The first-order valence-corrected chi connectivity index (χ1v) is 6.81. The van der Waals surface area contributed by atoms with Gasteiger partial charge in [-0.1, -0.05) is 13.8 Å². The van der Waals surface area contributed by atoms with Crippen LogP contribution < -0.4 is 10.1 Å². The zero-order valence-corrected chi connectivity index (χ0v) is 12.4. The molecule has 0 aliphatic rings. The highest BCUT2D eigenvalue weighted by molar-refractivity contribution is 5.34. The Kier molecular flexibility index (Phi) is 4.90. The van der Waals surface area contributed by atoms with Crippen molar-refractivity contribution in [3.05, 3.63) is 41.7 Å². The molecule has 0 radical (unpaired) electrons. The number of nitrogens with one attached hydrogen (secondary N) is 1. The van der Waals surface area contributed by atoms with Gasteiger partial charge in [-0.15, -0.1) is 0 Å². The molecule has 1 N–H and O–H groups in total. The lowest BCUT2D eigenvalue weighted by molar-refractivity contribution is 0.405. The van der Waals surface area contributed by atoms with E-state index < -0.39 is 17.4 Å². The van der Waals surface area contributed by atoms with Gasteiger partial charge in [-0.3, -0.25) is 4.68 Å². The molecule has 0 saturated carbocycles. The van der Waals surface area contributed by atoms with Crippen molar-refractivity contribution in [2.45, 2.75) is 20.4 Å². The Morgan fingerprint density at radius 1 is 1.29 bits per heavy atom. The zero-order valence-electron chi connectivity index (χ0n) is 12.4. The van der Waals surface area contributed by atoms with E-state index in [-0.39, 0.29) is 0 Å². The molecule has 0 aliphatic heterocycles. The highest BCUT2D eigenvalue weighted by Crippen LogP contribution is 2.28. The van der Waals surface area contributed by atoms with Crippen LogP contribution in [-0.4, -0.2) is 16.3 Å². The quantitative estimate of drug-likeness (QED) is 0.889. The predicted octanol–water partition coefficient (Wildman–Crippen LogP) is 3.24. The number of benzene rings is 1. The summed E-state index contributed by atoms with van der Waals surface area (Å²) in [6.07, 6.45) is 2.94. The van der Waals surface area contributed by atoms with Gasteiger partial charge in [-0.25, -0.2) is 8.78 Å². The molecular formula is C15H19F2N3O. The van der Waals surface area contributed by atoms with Crippen molar-refractivity contribution < 1.29 is 13.5 Å². The molecule has 0 aliphatic carbocycles. The molecule has 1 aromatic carbocycles. The van der Waals surface area contributed by atoms with Crippen LogP contribution in [0.3, 0.4) is 0 Å². The third-order valence-electron chi connectivity index (χ3n) is 2.84. The number of hydrogen-bond acceptors (Lipinski definition) is 3. The Balaban J connectivity index is 2.09. The molecule has 0 spiro atoms. The second-order valence-electron chi connectivity index (χ2n) is 5.37. The minimum absolute atomic E-state index is 0.293. The summed E-state index contributed by atoms with van der Waals surface area (Å²) in [6, 6.07) is 2.56. The second kappa shape index (κ2) is 6.67.